The van der Waals surface area contributed by atoms with E-state index < -0.39 is 65.1 Å². The molecule has 27 nitrogen and oxygen atoms in total. The summed E-state index contributed by atoms with van der Waals surface area (Å²) in [6.07, 6.45) is 0.837. The molecule has 0 radical (unpaired) electrons. The fourth-order valence-electron chi connectivity index (χ4n) is 9.06. The van der Waals surface area contributed by atoms with Crippen LogP contribution in [0.4, 0.5) is 0 Å². The van der Waals surface area contributed by atoms with Gasteiger partial charge < -0.3 is 86.1 Å². The molecule has 0 aromatic heterocycles. The molecule has 4 rings (SSSR count). The summed E-state index contributed by atoms with van der Waals surface area (Å²) in [6.45, 7) is 2.68. The molecule has 0 bridgehead atoms. The lowest BCUT2D eigenvalue weighted by Gasteiger charge is -2.21. The topological polar surface area (TPSA) is 467 Å². The average Bonchev–Trinajstić information content (AvgIpc) is 2.53. The van der Waals surface area contributed by atoms with Gasteiger partial charge in [-0.15, -0.1) is 0 Å². The Bertz CT molecular complexity index is 3150. The fraction of sp³-hybridized carbons (Fsp3) is 0.417. The molecule has 0 aliphatic carbocycles. The van der Waals surface area contributed by atoms with Gasteiger partial charge in [-0.1, -0.05) is 24.3 Å². The minimum absolute atomic E-state index is 0.00893. The van der Waals surface area contributed by atoms with Crippen molar-refractivity contribution in [3.05, 3.63) is 117 Å². The molecule has 20 N–H and O–H groups in total. The van der Waals surface area contributed by atoms with Crippen LogP contribution in [0.25, 0.3) is 0 Å². The molecule has 87 heavy (non-hydrogen) atoms. The second-order valence-corrected chi connectivity index (χ2v) is 20.3. The maximum absolute atomic E-state index is 14.5. The Morgan fingerprint density at radius 3 is 0.954 bits per heavy atom. The molecule has 4 atom stereocenters. The standard InChI is InChI=1S/C60H83N15O12/c1-34(62)46(76)30-35-13-18-51(85-3)40(27-35)55(81)73-44(11-7-23-71-59(65)66)48(78)32-37-15-20-53(87-5)42(29-37)57(83)75-45(12-8-24-72-60(67)68)49(79)33-38-16-19-52(86-4)41(28-38)56(82)74-43(10-6-22-70-58(63)64)47(77)31-36-14-17-50(84-2)39(26-36)54(80)69-25-9-21-61/h13-20,26-29,34,43-45H,6-12,21-25,30-33,61-62H2,1-5H3,(H,69,80)(H,73,81)(H,74,82)(H,75,83)(H4,63,64,70)(H4,65,66,71)(H4,67,68,72)/t34-,43-,44-,45-/m1/s1. The monoisotopic (exact) mass is 1210 g/mol. The molecule has 0 aliphatic heterocycles. The SMILES string of the molecule is COc1ccc(CC(=O)[C@@H](CCCN=C(N)N)NC(=O)c2cc(CC(=O)[C@@H](CCCN=C(N)N)NC(=O)c3cc(CC(=O)[C@@H](CCCN=C(N)N)NC(=O)c4cc(CC(=O)[C@@H](C)N)ccc4OC)ccc3OC)ccc2OC)cc1C(=O)NCCCN. The van der Waals surface area contributed by atoms with E-state index >= 15 is 0 Å². The Morgan fingerprint density at radius 2 is 0.701 bits per heavy atom. The lowest BCUT2D eigenvalue weighted by atomic mass is 9.96. The molecule has 4 amide bonds. The predicted octanol–water partition coefficient (Wildman–Crippen LogP) is 0.150. The van der Waals surface area contributed by atoms with Crippen LogP contribution in [0.15, 0.2) is 87.8 Å². The van der Waals surface area contributed by atoms with E-state index in [-0.39, 0.29) is 141 Å². The van der Waals surface area contributed by atoms with E-state index in [2.05, 4.69) is 36.2 Å². The number of ketones is 4. The van der Waals surface area contributed by atoms with Crippen molar-refractivity contribution in [1.82, 2.24) is 21.3 Å². The highest BCUT2D eigenvalue weighted by Gasteiger charge is 2.29. The number of Topliss-reactive ketones (excluding diaryl/α,β-unsaturated/α-hetero) is 4. The Morgan fingerprint density at radius 1 is 0.425 bits per heavy atom. The summed E-state index contributed by atoms with van der Waals surface area (Å²) < 4.78 is 22.0. The second-order valence-electron chi connectivity index (χ2n) is 20.3. The molecule has 0 spiro atoms. The number of guanidine groups is 3. The molecule has 0 aliphatic rings. The van der Waals surface area contributed by atoms with Crippen molar-refractivity contribution in [2.24, 2.45) is 60.8 Å². The van der Waals surface area contributed by atoms with Crippen LogP contribution in [0.2, 0.25) is 0 Å². The van der Waals surface area contributed by atoms with Crippen molar-refractivity contribution in [3.8, 4) is 23.0 Å². The number of carbonyl (C=O) groups excluding carboxylic acids is 8. The van der Waals surface area contributed by atoms with E-state index in [0.717, 1.165) is 0 Å². The Balaban J connectivity index is 1.62. The van der Waals surface area contributed by atoms with Crippen molar-refractivity contribution < 1.29 is 57.3 Å². The molecular weight excluding hydrogens is 1120 g/mol. The summed E-state index contributed by atoms with van der Waals surface area (Å²) in [4.78, 5) is 123. The maximum atomic E-state index is 14.5. The van der Waals surface area contributed by atoms with E-state index in [0.29, 0.717) is 53.9 Å². The lowest BCUT2D eigenvalue weighted by molar-refractivity contribution is -0.121. The van der Waals surface area contributed by atoms with Gasteiger partial charge in [0.1, 0.15) is 23.0 Å². The fourth-order valence-corrected chi connectivity index (χ4v) is 9.06. The summed E-state index contributed by atoms with van der Waals surface area (Å²) >= 11 is 0. The number of ether oxygens (including phenoxy) is 4. The van der Waals surface area contributed by atoms with Crippen molar-refractivity contribution in [1.29, 1.82) is 0 Å². The number of carbonyl (C=O) groups is 8. The molecule has 4 aromatic rings. The first-order valence-corrected chi connectivity index (χ1v) is 28.1. The van der Waals surface area contributed by atoms with E-state index in [1.54, 1.807) is 49.4 Å². The van der Waals surface area contributed by atoms with E-state index in [9.17, 15) is 38.4 Å². The van der Waals surface area contributed by atoms with Gasteiger partial charge in [-0.05, 0) is 129 Å². The molecule has 0 heterocycles. The minimum atomic E-state index is -1.17. The van der Waals surface area contributed by atoms with Gasteiger partial charge in [0.05, 0.1) is 74.9 Å². The van der Waals surface area contributed by atoms with Gasteiger partial charge in [0.15, 0.2) is 41.0 Å². The summed E-state index contributed by atoms with van der Waals surface area (Å²) in [7, 11) is 5.50. The first-order valence-electron chi connectivity index (χ1n) is 28.1. The number of hydrogen-bond donors (Lipinski definition) is 12. The molecule has 470 valence electrons. The van der Waals surface area contributed by atoms with Gasteiger partial charge in [0, 0.05) is 51.9 Å². The van der Waals surface area contributed by atoms with Crippen molar-refractivity contribution in [2.45, 2.75) is 102 Å². The highest BCUT2D eigenvalue weighted by Crippen LogP contribution is 2.26. The quantitative estimate of drug-likeness (QED) is 0.0161. The summed E-state index contributed by atoms with van der Waals surface area (Å²) in [5.74, 6) is -3.84. The third-order valence-electron chi connectivity index (χ3n) is 13.6. The van der Waals surface area contributed by atoms with E-state index in [4.69, 9.17) is 64.8 Å². The highest BCUT2D eigenvalue weighted by atomic mass is 16.5. The number of nitrogens with two attached hydrogens (primary N) is 8. The molecule has 4 aromatic carbocycles. The van der Waals surface area contributed by atoms with Crippen LogP contribution in [0, 0.1) is 0 Å². The van der Waals surface area contributed by atoms with Gasteiger partial charge >= 0.3 is 0 Å². The van der Waals surface area contributed by atoms with Crippen molar-refractivity contribution in [3.63, 3.8) is 0 Å². The first kappa shape index (κ1) is 69.9. The molecule has 27 heteroatoms. The second kappa shape index (κ2) is 35.6. The van der Waals surface area contributed by atoms with Crippen LogP contribution in [0.1, 0.15) is 116 Å². The van der Waals surface area contributed by atoms with Crippen molar-refractivity contribution in [2.75, 3.05) is 61.2 Å². The average molecular weight is 1210 g/mol. The largest absolute Gasteiger partial charge is 0.496 e. The zero-order valence-corrected chi connectivity index (χ0v) is 49.9. The van der Waals surface area contributed by atoms with Gasteiger partial charge in [0.25, 0.3) is 23.6 Å². The molecule has 0 fully saturated rings. The zero-order valence-electron chi connectivity index (χ0n) is 49.9. The minimum Gasteiger partial charge on any atom is -0.496 e. The molecular formula is C60H83N15O12. The lowest BCUT2D eigenvalue weighted by Crippen LogP contribution is -2.42. The number of amides is 4. The number of nitrogens with one attached hydrogen (secondary N) is 4. The normalized spacial score (nSPS) is 12.1. The maximum Gasteiger partial charge on any atom is 0.255 e. The van der Waals surface area contributed by atoms with E-state index in [1.807, 2.05) is 0 Å². The summed E-state index contributed by atoms with van der Waals surface area (Å²) in [5, 5.41) is 11.2. The predicted molar refractivity (Wildman–Crippen MR) is 330 cm³/mol. The Labute approximate surface area is 505 Å². The van der Waals surface area contributed by atoms with Crippen LogP contribution in [0.5, 0.6) is 23.0 Å². The van der Waals surface area contributed by atoms with Gasteiger partial charge in [-0.25, -0.2) is 0 Å². The van der Waals surface area contributed by atoms with Crippen LogP contribution in [-0.2, 0) is 44.9 Å². The van der Waals surface area contributed by atoms with Gasteiger partial charge in [-0.3, -0.25) is 53.3 Å². The Hall–Kier alpha value is -9.63. The molecule has 0 saturated carbocycles. The van der Waals surface area contributed by atoms with E-state index in [1.165, 1.54) is 58.8 Å². The number of rotatable bonds is 38. The number of nitrogens with zero attached hydrogens (tertiary/aromatic N) is 3. The number of aliphatic imine (C=N–C) groups is 3. The summed E-state index contributed by atoms with van der Waals surface area (Å²) in [5.41, 5.74) is 46.7. The summed E-state index contributed by atoms with van der Waals surface area (Å²) in [6, 6.07) is 14.4. The number of benzene rings is 4. The molecule has 0 saturated heterocycles. The highest BCUT2D eigenvalue weighted by molar-refractivity contribution is 6.04. The third kappa shape index (κ3) is 22.7. The number of hydrogen-bond acceptors (Lipinski definition) is 17. The third-order valence-corrected chi connectivity index (χ3v) is 13.6. The van der Waals surface area contributed by atoms with Crippen LogP contribution >= 0.6 is 0 Å². The zero-order chi connectivity index (χ0) is 64.2. The first-order chi connectivity index (χ1) is 41.5. The smallest absolute Gasteiger partial charge is 0.255 e. The Kier molecular flexibility index (Phi) is 28.6. The molecule has 0 unspecified atom stereocenters. The van der Waals surface area contributed by atoms with Gasteiger partial charge in [0.2, 0.25) is 0 Å². The van der Waals surface area contributed by atoms with Crippen LogP contribution in [0.3, 0.4) is 0 Å². The van der Waals surface area contributed by atoms with Crippen molar-refractivity contribution >= 4 is 64.6 Å². The van der Waals surface area contributed by atoms with Gasteiger partial charge in [-0.2, -0.15) is 0 Å². The van der Waals surface area contributed by atoms with Crippen LogP contribution < -0.4 is 86.1 Å². The van der Waals surface area contributed by atoms with Crippen LogP contribution in [-0.4, -0.2) is 150 Å². The number of methoxy groups -OCH3 is 4.